The van der Waals surface area contributed by atoms with E-state index in [1.165, 1.54) is 4.88 Å². The second-order valence-electron chi connectivity index (χ2n) is 4.93. The standard InChI is InChI=1S/C15H19Cl2N3S/c1-3-8-18-15-7-5-12(16)13(19-15)10-20(2)9-11-4-6-14(17)21-11/h4-7H,3,8-10H2,1-2H3,(H,18,19). The highest BCUT2D eigenvalue weighted by Crippen LogP contribution is 2.24. The molecule has 0 aliphatic carbocycles. The van der Waals surface area contributed by atoms with Crippen molar-refractivity contribution in [2.45, 2.75) is 26.4 Å². The van der Waals surface area contributed by atoms with Crippen molar-refractivity contribution in [1.82, 2.24) is 9.88 Å². The highest BCUT2D eigenvalue weighted by atomic mass is 35.5. The summed E-state index contributed by atoms with van der Waals surface area (Å²) in [5, 5.41) is 3.99. The number of anilines is 1. The van der Waals surface area contributed by atoms with Crippen LogP contribution in [0.25, 0.3) is 0 Å². The molecule has 0 fully saturated rings. The van der Waals surface area contributed by atoms with Gasteiger partial charge in [0.05, 0.1) is 15.1 Å². The molecule has 0 spiro atoms. The minimum Gasteiger partial charge on any atom is -0.370 e. The molecule has 0 aliphatic rings. The Morgan fingerprint density at radius 1 is 1.19 bits per heavy atom. The zero-order valence-electron chi connectivity index (χ0n) is 12.2. The SMILES string of the molecule is CCCNc1ccc(Cl)c(CN(C)Cc2ccc(Cl)s2)n1. The molecular weight excluding hydrogens is 325 g/mol. The molecule has 3 nitrogen and oxygen atoms in total. The fourth-order valence-corrected chi connectivity index (χ4v) is 3.29. The van der Waals surface area contributed by atoms with E-state index in [2.05, 4.69) is 35.2 Å². The van der Waals surface area contributed by atoms with Gasteiger partial charge in [-0.25, -0.2) is 4.98 Å². The summed E-state index contributed by atoms with van der Waals surface area (Å²) in [5.74, 6) is 0.879. The number of hydrogen-bond donors (Lipinski definition) is 1. The van der Waals surface area contributed by atoms with Crippen LogP contribution in [0.15, 0.2) is 24.3 Å². The van der Waals surface area contributed by atoms with E-state index in [1.807, 2.05) is 18.2 Å². The minimum atomic E-state index is 0.702. The third-order valence-corrected chi connectivity index (χ3v) is 4.51. The molecule has 2 rings (SSSR count). The van der Waals surface area contributed by atoms with E-state index in [-0.39, 0.29) is 0 Å². The van der Waals surface area contributed by atoms with Gasteiger partial charge in [0.2, 0.25) is 0 Å². The van der Waals surface area contributed by atoms with Gasteiger partial charge in [0.1, 0.15) is 5.82 Å². The van der Waals surface area contributed by atoms with Crippen LogP contribution in [0.1, 0.15) is 23.9 Å². The van der Waals surface area contributed by atoms with E-state index in [4.69, 9.17) is 23.2 Å². The lowest BCUT2D eigenvalue weighted by Crippen LogP contribution is -2.18. The summed E-state index contributed by atoms with van der Waals surface area (Å²) in [6, 6.07) is 7.80. The number of aromatic nitrogens is 1. The predicted molar refractivity (Wildman–Crippen MR) is 92.5 cm³/mol. The average molecular weight is 344 g/mol. The van der Waals surface area contributed by atoms with Crippen LogP contribution in [0.3, 0.4) is 0 Å². The van der Waals surface area contributed by atoms with Gasteiger partial charge in [-0.15, -0.1) is 11.3 Å². The van der Waals surface area contributed by atoms with Crippen molar-refractivity contribution in [3.63, 3.8) is 0 Å². The maximum atomic E-state index is 6.25. The van der Waals surface area contributed by atoms with Gasteiger partial charge in [-0.3, -0.25) is 4.90 Å². The van der Waals surface area contributed by atoms with Crippen LogP contribution >= 0.6 is 34.5 Å². The second kappa shape index (κ2) is 7.99. The molecule has 0 aromatic carbocycles. The van der Waals surface area contributed by atoms with E-state index in [1.54, 1.807) is 11.3 Å². The first-order valence-corrected chi connectivity index (χ1v) is 8.47. The number of nitrogens with zero attached hydrogens (tertiary/aromatic N) is 2. The first-order chi connectivity index (χ1) is 10.1. The molecule has 114 valence electrons. The van der Waals surface area contributed by atoms with Crippen molar-refractivity contribution in [2.24, 2.45) is 0 Å². The fourth-order valence-electron chi connectivity index (χ4n) is 1.96. The minimum absolute atomic E-state index is 0.702. The maximum absolute atomic E-state index is 6.25. The highest BCUT2D eigenvalue weighted by Gasteiger charge is 2.09. The number of rotatable bonds is 7. The zero-order valence-corrected chi connectivity index (χ0v) is 14.5. The topological polar surface area (TPSA) is 28.2 Å². The van der Waals surface area contributed by atoms with Crippen molar-refractivity contribution in [1.29, 1.82) is 0 Å². The normalized spacial score (nSPS) is 11.1. The zero-order chi connectivity index (χ0) is 15.2. The van der Waals surface area contributed by atoms with Crippen LogP contribution in [-0.2, 0) is 13.1 Å². The van der Waals surface area contributed by atoms with Crippen molar-refractivity contribution in [2.75, 3.05) is 18.9 Å². The van der Waals surface area contributed by atoms with Crippen LogP contribution in [0, 0.1) is 0 Å². The van der Waals surface area contributed by atoms with Crippen LogP contribution in [0.5, 0.6) is 0 Å². The quantitative estimate of drug-likeness (QED) is 0.774. The third kappa shape index (κ3) is 5.15. The van der Waals surface area contributed by atoms with Crippen LogP contribution in [-0.4, -0.2) is 23.5 Å². The van der Waals surface area contributed by atoms with Gasteiger partial charge in [0, 0.05) is 24.5 Å². The van der Waals surface area contributed by atoms with Gasteiger partial charge >= 0.3 is 0 Å². The molecule has 21 heavy (non-hydrogen) atoms. The van der Waals surface area contributed by atoms with Crippen molar-refractivity contribution in [3.05, 3.63) is 44.2 Å². The molecule has 1 N–H and O–H groups in total. The molecule has 6 heteroatoms. The van der Waals surface area contributed by atoms with Crippen LogP contribution < -0.4 is 5.32 Å². The van der Waals surface area contributed by atoms with E-state index in [0.29, 0.717) is 11.6 Å². The van der Waals surface area contributed by atoms with Gasteiger partial charge in [-0.05, 0) is 37.7 Å². The van der Waals surface area contributed by atoms with Gasteiger partial charge in [-0.1, -0.05) is 30.1 Å². The lowest BCUT2D eigenvalue weighted by molar-refractivity contribution is 0.318. The van der Waals surface area contributed by atoms with E-state index >= 15 is 0 Å². The molecular formula is C15H19Cl2N3S. The molecule has 2 aromatic rings. The Morgan fingerprint density at radius 2 is 2.00 bits per heavy atom. The van der Waals surface area contributed by atoms with Crippen LogP contribution in [0.4, 0.5) is 5.82 Å². The number of hydrogen-bond acceptors (Lipinski definition) is 4. The third-order valence-electron chi connectivity index (χ3n) is 2.95. The van der Waals surface area contributed by atoms with Gasteiger partial charge in [0.15, 0.2) is 0 Å². The monoisotopic (exact) mass is 343 g/mol. The molecule has 0 amide bonds. The van der Waals surface area contributed by atoms with Crippen LogP contribution in [0.2, 0.25) is 9.36 Å². The van der Waals surface area contributed by atoms with E-state index < -0.39 is 0 Å². The fraction of sp³-hybridized carbons (Fsp3) is 0.400. The summed E-state index contributed by atoms with van der Waals surface area (Å²) in [4.78, 5) is 8.00. The molecule has 2 heterocycles. The Bertz CT molecular complexity index is 586. The Morgan fingerprint density at radius 3 is 2.67 bits per heavy atom. The molecule has 0 bridgehead atoms. The number of nitrogens with one attached hydrogen (secondary N) is 1. The molecule has 0 atom stereocenters. The second-order valence-corrected chi connectivity index (χ2v) is 7.14. The summed E-state index contributed by atoms with van der Waals surface area (Å²) >= 11 is 13.8. The van der Waals surface area contributed by atoms with Gasteiger partial charge in [0.25, 0.3) is 0 Å². The Balaban J connectivity index is 2.00. The Kier molecular flexibility index (Phi) is 6.30. The first kappa shape index (κ1) is 16.6. The summed E-state index contributed by atoms with van der Waals surface area (Å²) in [5.41, 5.74) is 0.892. The van der Waals surface area contributed by atoms with E-state index in [0.717, 1.165) is 35.4 Å². The molecule has 0 radical (unpaired) electrons. The maximum Gasteiger partial charge on any atom is 0.126 e. The molecule has 0 saturated carbocycles. The number of thiophene rings is 1. The number of pyridine rings is 1. The summed E-state index contributed by atoms with van der Waals surface area (Å²) in [7, 11) is 2.05. The lowest BCUT2D eigenvalue weighted by Gasteiger charge is -2.16. The Hall–Kier alpha value is -0.810. The predicted octanol–water partition coefficient (Wildman–Crippen LogP) is 4.90. The largest absolute Gasteiger partial charge is 0.370 e. The smallest absolute Gasteiger partial charge is 0.126 e. The van der Waals surface area contributed by atoms with Crippen molar-refractivity contribution in [3.8, 4) is 0 Å². The van der Waals surface area contributed by atoms with Crippen molar-refractivity contribution < 1.29 is 0 Å². The highest BCUT2D eigenvalue weighted by molar-refractivity contribution is 7.16. The van der Waals surface area contributed by atoms with Gasteiger partial charge in [-0.2, -0.15) is 0 Å². The summed E-state index contributed by atoms with van der Waals surface area (Å²) in [6.45, 7) is 4.58. The molecule has 2 aromatic heterocycles. The Labute approximate surface area is 139 Å². The first-order valence-electron chi connectivity index (χ1n) is 6.90. The molecule has 0 unspecified atom stereocenters. The molecule has 0 aliphatic heterocycles. The van der Waals surface area contributed by atoms with E-state index in [9.17, 15) is 0 Å². The summed E-state index contributed by atoms with van der Waals surface area (Å²) in [6.07, 6.45) is 1.07. The van der Waals surface area contributed by atoms with Crippen molar-refractivity contribution >= 4 is 40.4 Å². The lowest BCUT2D eigenvalue weighted by atomic mass is 10.3. The average Bonchev–Trinajstić information content (AvgIpc) is 2.84. The summed E-state index contributed by atoms with van der Waals surface area (Å²) < 4.78 is 0.820. The van der Waals surface area contributed by atoms with Gasteiger partial charge < -0.3 is 5.32 Å². The molecule has 0 saturated heterocycles. The number of halogens is 2.